The number of nitrogen functional groups attached to an aromatic ring is 1. The lowest BCUT2D eigenvalue weighted by atomic mass is 9.95. The molecule has 0 spiro atoms. The maximum atomic E-state index is 14.0. The normalized spacial score (nSPS) is 19.0. The summed E-state index contributed by atoms with van der Waals surface area (Å²) in [6.07, 6.45) is 2.35. The summed E-state index contributed by atoms with van der Waals surface area (Å²) < 4.78 is 14.0. The number of likely N-dealkylation sites (tertiary alicyclic amines) is 1. The van der Waals surface area contributed by atoms with Crippen LogP contribution < -0.4 is 11.3 Å². The number of halogens is 1. The molecule has 3 N–H and O–H groups in total. The molecule has 1 saturated heterocycles. The number of hydrogen-bond donors (Lipinski definition) is 2. The van der Waals surface area contributed by atoms with E-state index in [-0.39, 0.29) is 17.3 Å². The van der Waals surface area contributed by atoms with E-state index in [9.17, 15) is 9.18 Å². The quantitative estimate of drug-likeness (QED) is 0.644. The average Bonchev–Trinajstić information content (AvgIpc) is 2.88. The van der Waals surface area contributed by atoms with Crippen LogP contribution in [0.2, 0.25) is 0 Å². The fourth-order valence-electron chi connectivity index (χ4n) is 2.40. The number of carbonyl (C=O) groups is 1. The summed E-state index contributed by atoms with van der Waals surface area (Å²) in [5.41, 5.74) is 2.17. The summed E-state index contributed by atoms with van der Waals surface area (Å²) >= 11 is 0. The number of nitrogens with two attached hydrogens (primary N) is 1. The third-order valence-corrected chi connectivity index (χ3v) is 3.71. The molecule has 1 unspecified atom stereocenters. The molecule has 1 amide bonds. The molecule has 0 aliphatic carbocycles. The van der Waals surface area contributed by atoms with Crippen LogP contribution in [-0.4, -0.2) is 28.9 Å². The highest BCUT2D eigenvalue weighted by atomic mass is 19.1. The summed E-state index contributed by atoms with van der Waals surface area (Å²) in [6, 6.07) is 1.39. The molecule has 1 atom stereocenters. The van der Waals surface area contributed by atoms with E-state index in [0.717, 1.165) is 6.42 Å². The highest BCUT2D eigenvalue weighted by molar-refractivity contribution is 5.95. The summed E-state index contributed by atoms with van der Waals surface area (Å²) in [7, 11) is 0. The number of nitrogens with zero attached hydrogens (tertiary/aromatic N) is 2. The first-order chi connectivity index (χ1) is 9.04. The van der Waals surface area contributed by atoms with Crippen molar-refractivity contribution in [1.82, 2.24) is 9.88 Å². The molecule has 1 aromatic rings. The van der Waals surface area contributed by atoms with Gasteiger partial charge in [0.2, 0.25) is 0 Å². The number of anilines is 1. The van der Waals surface area contributed by atoms with E-state index in [1.54, 1.807) is 4.90 Å². The average molecular weight is 266 g/mol. The van der Waals surface area contributed by atoms with E-state index in [1.165, 1.54) is 12.3 Å². The molecule has 0 aromatic carbocycles. The lowest BCUT2D eigenvalue weighted by Crippen LogP contribution is -2.30. The van der Waals surface area contributed by atoms with Crippen LogP contribution in [0.4, 0.5) is 10.2 Å². The predicted molar refractivity (Wildman–Crippen MR) is 70.9 cm³/mol. The van der Waals surface area contributed by atoms with Gasteiger partial charge < -0.3 is 10.3 Å². The van der Waals surface area contributed by atoms with Crippen molar-refractivity contribution >= 4 is 11.7 Å². The van der Waals surface area contributed by atoms with Crippen LogP contribution in [0.5, 0.6) is 0 Å². The standard InChI is InChI=1S/C13H19FN4O/c1-8(2)9-4-6-18(7-9)13(19)10-3-5-16-12(17-15)11(10)14/h3,5,8-9H,4,6-7,15H2,1-2H3,(H,16,17). The Hall–Kier alpha value is -1.69. The number of hydrazine groups is 1. The molecule has 0 saturated carbocycles. The molecular formula is C13H19FN4O. The maximum absolute atomic E-state index is 14.0. The van der Waals surface area contributed by atoms with Crippen molar-refractivity contribution in [3.63, 3.8) is 0 Å². The summed E-state index contributed by atoms with van der Waals surface area (Å²) in [6.45, 7) is 5.64. The molecule has 1 aliphatic rings. The Kier molecular flexibility index (Phi) is 3.99. The Morgan fingerprint density at radius 3 is 2.95 bits per heavy atom. The predicted octanol–water partition coefficient (Wildman–Crippen LogP) is 1.62. The van der Waals surface area contributed by atoms with E-state index in [4.69, 9.17) is 5.84 Å². The van der Waals surface area contributed by atoms with Crippen LogP contribution in [0.1, 0.15) is 30.6 Å². The minimum Gasteiger partial charge on any atom is -0.338 e. The molecule has 0 bridgehead atoms. The third-order valence-electron chi connectivity index (χ3n) is 3.71. The van der Waals surface area contributed by atoms with Crippen LogP contribution >= 0.6 is 0 Å². The summed E-state index contributed by atoms with van der Waals surface area (Å²) in [5.74, 6) is 5.08. The van der Waals surface area contributed by atoms with Crippen molar-refractivity contribution in [2.75, 3.05) is 18.5 Å². The first-order valence-electron chi connectivity index (χ1n) is 6.45. The number of amides is 1. The van der Waals surface area contributed by atoms with E-state index in [2.05, 4.69) is 24.3 Å². The van der Waals surface area contributed by atoms with E-state index >= 15 is 0 Å². The van der Waals surface area contributed by atoms with Gasteiger partial charge in [-0.25, -0.2) is 15.2 Å². The third kappa shape index (κ3) is 2.68. The zero-order valence-corrected chi connectivity index (χ0v) is 11.2. The Morgan fingerprint density at radius 2 is 2.37 bits per heavy atom. The van der Waals surface area contributed by atoms with Crippen molar-refractivity contribution in [2.24, 2.45) is 17.7 Å². The van der Waals surface area contributed by atoms with Gasteiger partial charge in [0, 0.05) is 19.3 Å². The van der Waals surface area contributed by atoms with Crippen LogP contribution in [0, 0.1) is 17.7 Å². The second kappa shape index (κ2) is 5.52. The van der Waals surface area contributed by atoms with Crippen LogP contribution in [0.3, 0.4) is 0 Å². The molecule has 1 aromatic heterocycles. The van der Waals surface area contributed by atoms with Gasteiger partial charge in [0.25, 0.3) is 5.91 Å². The zero-order chi connectivity index (χ0) is 14.0. The number of pyridine rings is 1. The summed E-state index contributed by atoms with van der Waals surface area (Å²) in [5, 5.41) is 0. The van der Waals surface area contributed by atoms with Crippen molar-refractivity contribution in [3.05, 3.63) is 23.6 Å². The smallest absolute Gasteiger partial charge is 0.257 e. The Bertz CT molecular complexity index is 478. The summed E-state index contributed by atoms with van der Waals surface area (Å²) in [4.78, 5) is 17.7. The Balaban J connectivity index is 2.17. The van der Waals surface area contributed by atoms with Gasteiger partial charge in [-0.2, -0.15) is 0 Å². The van der Waals surface area contributed by atoms with E-state index < -0.39 is 5.82 Å². The van der Waals surface area contributed by atoms with Crippen molar-refractivity contribution in [2.45, 2.75) is 20.3 Å². The SMILES string of the molecule is CC(C)C1CCN(C(=O)c2ccnc(NN)c2F)C1. The van der Waals surface area contributed by atoms with Gasteiger partial charge in [0.15, 0.2) is 11.6 Å². The number of carbonyl (C=O) groups excluding carboxylic acids is 1. The van der Waals surface area contributed by atoms with Crippen molar-refractivity contribution in [1.29, 1.82) is 0 Å². The Morgan fingerprint density at radius 1 is 1.63 bits per heavy atom. The molecule has 1 aliphatic heterocycles. The largest absolute Gasteiger partial charge is 0.338 e. The molecule has 6 heteroatoms. The molecule has 104 valence electrons. The minimum absolute atomic E-state index is 0.0207. The van der Waals surface area contributed by atoms with E-state index in [1.807, 2.05) is 0 Å². The highest BCUT2D eigenvalue weighted by Crippen LogP contribution is 2.26. The van der Waals surface area contributed by atoms with E-state index in [0.29, 0.717) is 24.9 Å². The molecule has 5 nitrogen and oxygen atoms in total. The van der Waals surface area contributed by atoms with Gasteiger partial charge in [-0.15, -0.1) is 0 Å². The van der Waals surface area contributed by atoms with Gasteiger partial charge in [-0.05, 0) is 24.3 Å². The van der Waals surface area contributed by atoms with Gasteiger partial charge in [0.05, 0.1) is 5.56 Å². The maximum Gasteiger partial charge on any atom is 0.257 e. The van der Waals surface area contributed by atoms with Gasteiger partial charge >= 0.3 is 0 Å². The minimum atomic E-state index is -0.692. The molecule has 19 heavy (non-hydrogen) atoms. The number of rotatable bonds is 3. The second-order valence-corrected chi connectivity index (χ2v) is 5.21. The lowest BCUT2D eigenvalue weighted by Gasteiger charge is -2.18. The fraction of sp³-hybridized carbons (Fsp3) is 0.538. The monoisotopic (exact) mass is 266 g/mol. The van der Waals surface area contributed by atoms with Gasteiger partial charge in [-0.1, -0.05) is 13.8 Å². The number of hydrogen-bond acceptors (Lipinski definition) is 4. The topological polar surface area (TPSA) is 71.2 Å². The van der Waals surface area contributed by atoms with Crippen LogP contribution in [-0.2, 0) is 0 Å². The lowest BCUT2D eigenvalue weighted by molar-refractivity contribution is 0.0779. The number of nitrogens with one attached hydrogen (secondary N) is 1. The number of aromatic nitrogens is 1. The van der Waals surface area contributed by atoms with Crippen LogP contribution in [0.15, 0.2) is 12.3 Å². The first kappa shape index (κ1) is 13.7. The van der Waals surface area contributed by atoms with Crippen molar-refractivity contribution < 1.29 is 9.18 Å². The molecule has 2 rings (SSSR count). The van der Waals surface area contributed by atoms with Crippen LogP contribution in [0.25, 0.3) is 0 Å². The molecule has 2 heterocycles. The molecule has 0 radical (unpaired) electrons. The molecular weight excluding hydrogens is 247 g/mol. The fourth-order valence-corrected chi connectivity index (χ4v) is 2.40. The first-order valence-corrected chi connectivity index (χ1v) is 6.45. The van der Waals surface area contributed by atoms with Gasteiger partial charge in [0.1, 0.15) is 0 Å². The van der Waals surface area contributed by atoms with Gasteiger partial charge in [-0.3, -0.25) is 4.79 Å². The Labute approximate surface area is 112 Å². The molecule has 1 fully saturated rings. The van der Waals surface area contributed by atoms with Crippen molar-refractivity contribution in [3.8, 4) is 0 Å². The zero-order valence-electron chi connectivity index (χ0n) is 11.2. The highest BCUT2D eigenvalue weighted by Gasteiger charge is 2.30. The second-order valence-electron chi connectivity index (χ2n) is 5.21.